The Hall–Kier alpha value is -2.72. The Balaban J connectivity index is 1.39. The van der Waals surface area contributed by atoms with E-state index in [1.807, 2.05) is 0 Å². The zero-order chi connectivity index (χ0) is 20.4. The topological polar surface area (TPSA) is 107 Å². The van der Waals surface area contributed by atoms with Gasteiger partial charge in [-0.1, -0.05) is 0 Å². The van der Waals surface area contributed by atoms with E-state index in [2.05, 4.69) is 9.97 Å². The molecule has 4 rings (SSSR count). The highest BCUT2D eigenvalue weighted by atomic mass is 32.2. The largest absolute Gasteiger partial charge is 0.356 e. The summed E-state index contributed by atoms with van der Waals surface area (Å²) < 4.78 is 26.7. The third kappa shape index (κ3) is 3.90. The van der Waals surface area contributed by atoms with Gasteiger partial charge in [0.05, 0.1) is 5.56 Å². The highest BCUT2D eigenvalue weighted by Crippen LogP contribution is 2.19. The van der Waals surface area contributed by atoms with Gasteiger partial charge in [0.25, 0.3) is 11.8 Å². The molecule has 0 atom stereocenters. The zero-order valence-electron chi connectivity index (χ0n) is 16.0. The van der Waals surface area contributed by atoms with Crippen molar-refractivity contribution < 1.29 is 18.0 Å². The first-order valence-corrected chi connectivity index (χ1v) is 11.1. The fourth-order valence-corrected chi connectivity index (χ4v) is 5.08. The van der Waals surface area contributed by atoms with Crippen LogP contribution in [0.5, 0.6) is 0 Å². The number of sulfonamides is 1. The molecule has 2 aliphatic heterocycles. The number of piperazine rings is 1. The minimum atomic E-state index is -3.62. The summed E-state index contributed by atoms with van der Waals surface area (Å²) in [5.74, 6) is -0.297. The third-order valence-electron chi connectivity index (χ3n) is 5.35. The molecule has 0 bridgehead atoms. The van der Waals surface area contributed by atoms with E-state index in [0.717, 1.165) is 25.9 Å². The van der Waals surface area contributed by atoms with Crippen molar-refractivity contribution in [3.63, 3.8) is 0 Å². The van der Waals surface area contributed by atoms with Crippen molar-refractivity contribution in [1.29, 1.82) is 0 Å². The molecule has 1 N–H and O–H groups in total. The Kier molecular flexibility index (Phi) is 5.37. The van der Waals surface area contributed by atoms with Crippen molar-refractivity contribution in [2.24, 2.45) is 0 Å². The summed E-state index contributed by atoms with van der Waals surface area (Å²) in [5, 5.41) is 0. The number of likely N-dealkylation sites (tertiary alicyclic amines) is 1. The minimum absolute atomic E-state index is 0.0890. The minimum Gasteiger partial charge on any atom is -0.356 e. The van der Waals surface area contributed by atoms with Crippen LogP contribution in [0.2, 0.25) is 0 Å². The predicted molar refractivity (Wildman–Crippen MR) is 105 cm³/mol. The second-order valence-electron chi connectivity index (χ2n) is 7.19. The molecule has 9 nitrogen and oxygen atoms in total. The van der Waals surface area contributed by atoms with Crippen molar-refractivity contribution in [1.82, 2.24) is 24.1 Å². The highest BCUT2D eigenvalue weighted by Gasteiger charge is 2.31. The maximum atomic E-state index is 12.8. The van der Waals surface area contributed by atoms with Crippen molar-refractivity contribution in [3.05, 3.63) is 48.0 Å². The van der Waals surface area contributed by atoms with E-state index in [1.165, 1.54) is 22.8 Å². The van der Waals surface area contributed by atoms with Crippen LogP contribution >= 0.6 is 0 Å². The lowest BCUT2D eigenvalue weighted by molar-refractivity contribution is 0.0698. The van der Waals surface area contributed by atoms with Gasteiger partial charge in [0.2, 0.25) is 10.0 Å². The molecule has 0 unspecified atom stereocenters. The van der Waals surface area contributed by atoms with Crippen LogP contribution in [0.3, 0.4) is 0 Å². The van der Waals surface area contributed by atoms with Gasteiger partial charge in [0.15, 0.2) is 0 Å². The molecule has 2 fully saturated rings. The summed E-state index contributed by atoms with van der Waals surface area (Å²) in [4.78, 5) is 35.5. The molecule has 2 aliphatic rings. The number of pyridine rings is 1. The number of nitrogens with zero attached hydrogens (tertiary/aromatic N) is 4. The van der Waals surface area contributed by atoms with E-state index < -0.39 is 10.0 Å². The van der Waals surface area contributed by atoms with E-state index in [9.17, 15) is 18.0 Å². The lowest BCUT2D eigenvalue weighted by Gasteiger charge is -2.33. The summed E-state index contributed by atoms with van der Waals surface area (Å²) in [6.07, 6.45) is 6.40. The summed E-state index contributed by atoms with van der Waals surface area (Å²) in [6, 6.07) is 4.68. The summed E-state index contributed by atoms with van der Waals surface area (Å²) >= 11 is 0. The van der Waals surface area contributed by atoms with E-state index in [-0.39, 0.29) is 29.8 Å². The van der Waals surface area contributed by atoms with Crippen molar-refractivity contribution in [2.45, 2.75) is 17.7 Å². The van der Waals surface area contributed by atoms with Crippen LogP contribution in [0.1, 0.15) is 33.7 Å². The first-order valence-electron chi connectivity index (χ1n) is 9.64. The molecule has 0 saturated carbocycles. The van der Waals surface area contributed by atoms with Crippen LogP contribution in [0.4, 0.5) is 0 Å². The SMILES string of the molecule is O=C(c1c[nH]c(C(=O)N2CCCC2)c1)N1CCN(S(=O)(=O)c2cccnc2)CC1. The Labute approximate surface area is 169 Å². The second-order valence-corrected chi connectivity index (χ2v) is 9.12. The first kappa shape index (κ1) is 19.6. The number of H-pyrrole nitrogens is 1. The molecule has 2 amide bonds. The van der Waals surface area contributed by atoms with Crippen molar-refractivity contribution >= 4 is 21.8 Å². The number of aromatic amines is 1. The molecule has 0 aliphatic carbocycles. The van der Waals surface area contributed by atoms with Gasteiger partial charge in [-0.25, -0.2) is 8.42 Å². The van der Waals surface area contributed by atoms with Gasteiger partial charge in [-0.3, -0.25) is 14.6 Å². The number of aromatic nitrogens is 2. The van der Waals surface area contributed by atoms with Gasteiger partial charge in [-0.15, -0.1) is 0 Å². The Morgan fingerprint density at radius 2 is 1.66 bits per heavy atom. The van der Waals surface area contributed by atoms with Crippen LogP contribution < -0.4 is 0 Å². The van der Waals surface area contributed by atoms with Crippen LogP contribution in [-0.4, -0.2) is 83.6 Å². The standard InChI is InChI=1S/C19H23N5O4S/c25-18(15-12-17(21-13-15)19(26)22-6-1-2-7-22)23-8-10-24(11-9-23)29(27,28)16-4-3-5-20-14-16/h3-5,12-14,21H,1-2,6-11H2. The van der Waals surface area contributed by atoms with Gasteiger partial charge in [0.1, 0.15) is 10.6 Å². The van der Waals surface area contributed by atoms with Gasteiger partial charge in [-0.05, 0) is 31.0 Å². The van der Waals surface area contributed by atoms with Crippen LogP contribution in [0.15, 0.2) is 41.7 Å². The monoisotopic (exact) mass is 417 g/mol. The summed E-state index contributed by atoms with van der Waals surface area (Å²) in [7, 11) is -3.62. The number of hydrogen-bond acceptors (Lipinski definition) is 5. The average Bonchev–Trinajstić information content (AvgIpc) is 3.46. The van der Waals surface area contributed by atoms with Gasteiger partial charge in [-0.2, -0.15) is 4.31 Å². The predicted octanol–water partition coefficient (Wildman–Crippen LogP) is 0.792. The number of carbonyl (C=O) groups is 2. The summed E-state index contributed by atoms with van der Waals surface area (Å²) in [6.45, 7) is 2.50. The summed E-state index contributed by atoms with van der Waals surface area (Å²) in [5.41, 5.74) is 0.823. The molecular formula is C19H23N5O4S. The van der Waals surface area contributed by atoms with Gasteiger partial charge < -0.3 is 14.8 Å². The Morgan fingerprint density at radius 1 is 0.966 bits per heavy atom. The molecular weight excluding hydrogens is 394 g/mol. The second kappa shape index (κ2) is 7.96. The van der Waals surface area contributed by atoms with Crippen LogP contribution in [-0.2, 0) is 10.0 Å². The Bertz CT molecular complexity index is 991. The normalized spacial score (nSPS) is 18.2. The van der Waals surface area contributed by atoms with Crippen LogP contribution in [0.25, 0.3) is 0 Å². The average molecular weight is 417 g/mol. The lowest BCUT2D eigenvalue weighted by atomic mass is 10.2. The maximum Gasteiger partial charge on any atom is 0.270 e. The molecule has 2 aromatic rings. The third-order valence-corrected chi connectivity index (χ3v) is 7.23. The quantitative estimate of drug-likeness (QED) is 0.792. The Morgan fingerprint density at radius 3 is 2.31 bits per heavy atom. The fourth-order valence-electron chi connectivity index (χ4n) is 3.69. The van der Waals surface area contributed by atoms with Gasteiger partial charge >= 0.3 is 0 Å². The number of carbonyl (C=O) groups excluding carboxylic acids is 2. The number of rotatable bonds is 4. The van der Waals surface area contributed by atoms with E-state index in [1.54, 1.807) is 28.1 Å². The highest BCUT2D eigenvalue weighted by molar-refractivity contribution is 7.89. The molecule has 2 aromatic heterocycles. The molecule has 10 heteroatoms. The maximum absolute atomic E-state index is 12.8. The van der Waals surface area contributed by atoms with Crippen LogP contribution in [0, 0.1) is 0 Å². The van der Waals surface area contributed by atoms with Crippen molar-refractivity contribution in [2.75, 3.05) is 39.3 Å². The van der Waals surface area contributed by atoms with E-state index in [0.29, 0.717) is 24.3 Å². The molecule has 29 heavy (non-hydrogen) atoms. The van der Waals surface area contributed by atoms with E-state index in [4.69, 9.17) is 0 Å². The molecule has 0 aromatic carbocycles. The van der Waals surface area contributed by atoms with Crippen molar-refractivity contribution in [3.8, 4) is 0 Å². The first-order chi connectivity index (χ1) is 14.0. The van der Waals surface area contributed by atoms with E-state index >= 15 is 0 Å². The lowest BCUT2D eigenvalue weighted by Crippen LogP contribution is -2.50. The molecule has 0 spiro atoms. The molecule has 0 radical (unpaired) electrons. The zero-order valence-corrected chi connectivity index (χ0v) is 16.8. The smallest absolute Gasteiger partial charge is 0.270 e. The number of amides is 2. The number of nitrogens with one attached hydrogen (secondary N) is 1. The fraction of sp³-hybridized carbons (Fsp3) is 0.421. The molecule has 2 saturated heterocycles. The number of hydrogen-bond donors (Lipinski definition) is 1. The molecule has 4 heterocycles. The van der Waals surface area contributed by atoms with Gasteiger partial charge in [0, 0.05) is 57.9 Å². The molecule has 154 valence electrons.